The van der Waals surface area contributed by atoms with Crippen LogP contribution in [-0.4, -0.2) is 62.9 Å². The van der Waals surface area contributed by atoms with Crippen LogP contribution in [-0.2, 0) is 14.3 Å². The second-order valence-corrected chi connectivity index (χ2v) is 4.38. The van der Waals surface area contributed by atoms with Crippen molar-refractivity contribution in [2.45, 2.75) is 32.4 Å². The van der Waals surface area contributed by atoms with E-state index >= 15 is 0 Å². The fourth-order valence-electron chi connectivity index (χ4n) is 2.08. The van der Waals surface area contributed by atoms with Gasteiger partial charge in [0, 0.05) is 19.1 Å². The highest BCUT2D eigenvalue weighted by atomic mass is 16.5. The van der Waals surface area contributed by atoms with E-state index in [4.69, 9.17) is 9.47 Å². The van der Waals surface area contributed by atoms with Crippen molar-refractivity contribution in [2.75, 3.05) is 40.0 Å². The van der Waals surface area contributed by atoms with Gasteiger partial charge in [-0.1, -0.05) is 6.92 Å². The molecule has 0 aromatic carbocycles. The molecular weight excluding hydrogens is 220 g/mol. The molecule has 2 atom stereocenters. The molecule has 1 saturated heterocycles. The monoisotopic (exact) mass is 244 g/mol. The van der Waals surface area contributed by atoms with E-state index in [2.05, 4.69) is 17.1 Å². The van der Waals surface area contributed by atoms with Gasteiger partial charge in [-0.15, -0.1) is 0 Å². The predicted octanol–water partition coefficient (Wildman–Crippen LogP) is 0.248. The molecule has 1 aliphatic rings. The van der Waals surface area contributed by atoms with Gasteiger partial charge in [-0.25, -0.2) is 0 Å². The van der Waals surface area contributed by atoms with E-state index in [1.807, 2.05) is 6.92 Å². The Morgan fingerprint density at radius 2 is 2.41 bits per heavy atom. The highest BCUT2D eigenvalue weighted by Gasteiger charge is 2.22. The van der Waals surface area contributed by atoms with Gasteiger partial charge >= 0.3 is 5.97 Å². The molecule has 0 radical (unpaired) electrons. The van der Waals surface area contributed by atoms with Crippen LogP contribution in [0.5, 0.6) is 0 Å². The lowest BCUT2D eigenvalue weighted by Crippen LogP contribution is -2.47. The van der Waals surface area contributed by atoms with Crippen LogP contribution in [0.4, 0.5) is 0 Å². The summed E-state index contributed by atoms with van der Waals surface area (Å²) in [4.78, 5) is 13.9. The van der Waals surface area contributed by atoms with Gasteiger partial charge in [0.2, 0.25) is 0 Å². The lowest BCUT2D eigenvalue weighted by molar-refractivity contribution is -0.143. The molecule has 0 amide bonds. The summed E-state index contributed by atoms with van der Waals surface area (Å²) in [6, 6.07) is 0.240. The molecule has 100 valence electrons. The summed E-state index contributed by atoms with van der Waals surface area (Å²) in [6.07, 6.45) is 0.783. The van der Waals surface area contributed by atoms with Crippen molar-refractivity contribution in [3.8, 4) is 0 Å². The summed E-state index contributed by atoms with van der Waals surface area (Å²) >= 11 is 0. The fourth-order valence-corrected chi connectivity index (χ4v) is 2.08. The first kappa shape index (κ1) is 14.4. The molecule has 0 saturated carbocycles. The molecule has 1 N–H and O–H groups in total. The second kappa shape index (κ2) is 7.63. The molecule has 0 aliphatic carbocycles. The average Bonchev–Trinajstić information content (AvgIpc) is 2.35. The van der Waals surface area contributed by atoms with Gasteiger partial charge in [-0.05, 0) is 19.9 Å². The fraction of sp³-hybridized carbons (Fsp3) is 0.917. The number of hydrogen-bond donors (Lipinski definition) is 1. The molecule has 0 spiro atoms. The molecule has 1 heterocycles. The predicted molar refractivity (Wildman–Crippen MR) is 66.0 cm³/mol. The molecular formula is C12H24N2O3. The highest BCUT2D eigenvalue weighted by molar-refractivity contribution is 5.75. The van der Waals surface area contributed by atoms with Crippen LogP contribution in [0, 0.1) is 0 Å². The Hall–Kier alpha value is -0.650. The molecule has 0 aromatic heterocycles. The molecule has 5 nitrogen and oxygen atoms in total. The third-order valence-corrected chi connectivity index (χ3v) is 3.15. The van der Waals surface area contributed by atoms with Crippen molar-refractivity contribution in [1.29, 1.82) is 0 Å². The average molecular weight is 244 g/mol. The van der Waals surface area contributed by atoms with Crippen LogP contribution in [0.1, 0.15) is 20.3 Å². The summed E-state index contributed by atoms with van der Waals surface area (Å²) in [6.45, 7) is 8.34. The maximum atomic E-state index is 11.5. The first-order valence-electron chi connectivity index (χ1n) is 6.32. The minimum atomic E-state index is -0.194. The van der Waals surface area contributed by atoms with E-state index in [0.29, 0.717) is 6.04 Å². The Balaban J connectivity index is 2.36. The first-order valence-corrected chi connectivity index (χ1v) is 6.32. The van der Waals surface area contributed by atoms with Crippen LogP contribution >= 0.6 is 0 Å². The summed E-state index contributed by atoms with van der Waals surface area (Å²) in [5, 5.41) is 3.16. The number of nitrogens with zero attached hydrogens (tertiary/aromatic N) is 1. The van der Waals surface area contributed by atoms with Crippen LogP contribution in [0.3, 0.4) is 0 Å². The topological polar surface area (TPSA) is 50.8 Å². The Bertz CT molecular complexity index is 236. The molecule has 2 unspecified atom stereocenters. The Kier molecular flexibility index (Phi) is 6.47. The second-order valence-electron chi connectivity index (χ2n) is 4.38. The quantitative estimate of drug-likeness (QED) is 0.679. The molecule has 5 heteroatoms. The van der Waals surface area contributed by atoms with Gasteiger partial charge < -0.3 is 14.8 Å². The van der Waals surface area contributed by atoms with Gasteiger partial charge in [0.1, 0.15) is 6.04 Å². The molecule has 0 bridgehead atoms. The minimum absolute atomic E-state index is 0.173. The third kappa shape index (κ3) is 4.61. The van der Waals surface area contributed by atoms with Crippen molar-refractivity contribution in [1.82, 2.24) is 10.2 Å². The standard InChI is InChI=1S/C12H24N2O3/c1-4-13-11(12(15)16-3)5-6-14-7-8-17-9-10(14)2/h10-11,13H,4-9H2,1-3H3. The molecule has 17 heavy (non-hydrogen) atoms. The number of carbonyl (C=O) groups excluding carboxylic acids is 1. The zero-order chi connectivity index (χ0) is 12.7. The summed E-state index contributed by atoms with van der Waals surface area (Å²) in [5.41, 5.74) is 0. The SMILES string of the molecule is CCNC(CCN1CCOCC1C)C(=O)OC. The van der Waals surface area contributed by atoms with Crippen LogP contribution in [0.15, 0.2) is 0 Å². The van der Waals surface area contributed by atoms with Crippen LogP contribution < -0.4 is 5.32 Å². The number of nitrogens with one attached hydrogen (secondary N) is 1. The Morgan fingerprint density at radius 1 is 1.65 bits per heavy atom. The van der Waals surface area contributed by atoms with Gasteiger partial charge in [0.25, 0.3) is 0 Å². The third-order valence-electron chi connectivity index (χ3n) is 3.15. The Morgan fingerprint density at radius 3 is 3.00 bits per heavy atom. The number of carbonyl (C=O) groups is 1. The number of likely N-dealkylation sites (N-methyl/N-ethyl adjacent to an activating group) is 1. The molecule has 0 aromatic rings. The van der Waals surface area contributed by atoms with E-state index in [-0.39, 0.29) is 12.0 Å². The van der Waals surface area contributed by atoms with E-state index in [1.54, 1.807) is 0 Å². The number of ether oxygens (including phenoxy) is 2. The normalized spacial score (nSPS) is 23.4. The number of morpholine rings is 1. The highest BCUT2D eigenvalue weighted by Crippen LogP contribution is 2.08. The number of rotatable bonds is 6. The van der Waals surface area contributed by atoms with Crippen molar-refractivity contribution in [2.24, 2.45) is 0 Å². The summed E-state index contributed by atoms with van der Waals surface area (Å²) in [5.74, 6) is -0.173. The number of esters is 1. The van der Waals surface area contributed by atoms with Gasteiger partial charge in [0.05, 0.1) is 20.3 Å². The maximum Gasteiger partial charge on any atom is 0.322 e. The summed E-state index contributed by atoms with van der Waals surface area (Å²) in [7, 11) is 1.43. The zero-order valence-electron chi connectivity index (χ0n) is 11.1. The minimum Gasteiger partial charge on any atom is -0.468 e. The lowest BCUT2D eigenvalue weighted by Gasteiger charge is -2.33. The zero-order valence-corrected chi connectivity index (χ0v) is 11.1. The largest absolute Gasteiger partial charge is 0.468 e. The van der Waals surface area contributed by atoms with E-state index in [1.165, 1.54) is 7.11 Å². The van der Waals surface area contributed by atoms with Crippen LogP contribution in [0.25, 0.3) is 0 Å². The lowest BCUT2D eigenvalue weighted by atomic mass is 10.1. The first-order chi connectivity index (χ1) is 8.19. The number of hydrogen-bond acceptors (Lipinski definition) is 5. The van der Waals surface area contributed by atoms with Gasteiger partial charge in [-0.2, -0.15) is 0 Å². The van der Waals surface area contributed by atoms with Crippen molar-refractivity contribution >= 4 is 5.97 Å². The van der Waals surface area contributed by atoms with Gasteiger partial charge in [0.15, 0.2) is 0 Å². The smallest absolute Gasteiger partial charge is 0.322 e. The van der Waals surface area contributed by atoms with Crippen LogP contribution in [0.2, 0.25) is 0 Å². The van der Waals surface area contributed by atoms with Gasteiger partial charge in [-0.3, -0.25) is 9.69 Å². The van der Waals surface area contributed by atoms with E-state index in [0.717, 1.165) is 39.3 Å². The summed E-state index contributed by atoms with van der Waals surface area (Å²) < 4.78 is 10.2. The van der Waals surface area contributed by atoms with Crippen molar-refractivity contribution in [3.63, 3.8) is 0 Å². The maximum absolute atomic E-state index is 11.5. The Labute approximate surface area is 103 Å². The van der Waals surface area contributed by atoms with Crippen molar-refractivity contribution < 1.29 is 14.3 Å². The number of methoxy groups -OCH3 is 1. The van der Waals surface area contributed by atoms with E-state index < -0.39 is 0 Å². The molecule has 1 aliphatic heterocycles. The molecule has 1 rings (SSSR count). The molecule has 1 fully saturated rings. The van der Waals surface area contributed by atoms with E-state index in [9.17, 15) is 4.79 Å². The van der Waals surface area contributed by atoms with Crippen molar-refractivity contribution in [3.05, 3.63) is 0 Å².